The van der Waals surface area contributed by atoms with Crippen molar-refractivity contribution in [2.45, 2.75) is 37.4 Å². The molecular weight excluding hydrogens is 451 g/mol. The van der Waals surface area contributed by atoms with Gasteiger partial charge in [-0.25, -0.2) is 22.3 Å². The van der Waals surface area contributed by atoms with Crippen molar-refractivity contribution in [2.24, 2.45) is 0 Å². The Morgan fingerprint density at radius 2 is 1.79 bits per heavy atom. The van der Waals surface area contributed by atoms with Crippen LogP contribution in [0.1, 0.15) is 41.6 Å². The highest BCUT2D eigenvalue weighted by molar-refractivity contribution is 7.89. The molecule has 10 heteroatoms. The number of carbonyl (C=O) groups excluding carboxylic acids is 2. The fraction of sp³-hybridized carbons (Fsp3) is 0.217. The molecule has 0 radical (unpaired) electrons. The van der Waals surface area contributed by atoms with Crippen LogP contribution in [-0.4, -0.2) is 26.4 Å². The first-order chi connectivity index (χ1) is 15.7. The number of halogens is 1. The predicted molar refractivity (Wildman–Crippen MR) is 117 cm³/mol. The highest BCUT2D eigenvalue weighted by atomic mass is 32.2. The zero-order valence-corrected chi connectivity index (χ0v) is 18.8. The maximum absolute atomic E-state index is 13.1. The number of benzene rings is 2. The number of furan rings is 1. The lowest BCUT2D eigenvalue weighted by atomic mass is 10.1. The van der Waals surface area contributed by atoms with Crippen molar-refractivity contribution in [3.63, 3.8) is 0 Å². The molecule has 33 heavy (non-hydrogen) atoms. The second kappa shape index (κ2) is 10.4. The number of amides is 1. The third kappa shape index (κ3) is 6.50. The molecule has 0 saturated heterocycles. The smallest absolute Gasteiger partial charge is 0.338 e. The first-order valence-corrected chi connectivity index (χ1v) is 11.5. The Bertz CT molecular complexity index is 1210. The monoisotopic (exact) mass is 474 g/mol. The van der Waals surface area contributed by atoms with E-state index in [1.54, 1.807) is 31.2 Å². The van der Waals surface area contributed by atoms with Gasteiger partial charge in [0.05, 0.1) is 29.3 Å². The molecular formula is C23H23FN2O6S. The molecule has 2 N–H and O–H groups in total. The molecule has 3 aromatic rings. The van der Waals surface area contributed by atoms with Gasteiger partial charge in [0.25, 0.3) is 5.91 Å². The first kappa shape index (κ1) is 24.1. The molecule has 0 bridgehead atoms. The van der Waals surface area contributed by atoms with Crippen LogP contribution in [0.25, 0.3) is 0 Å². The maximum atomic E-state index is 13.1. The highest BCUT2D eigenvalue weighted by Gasteiger charge is 2.22. The Labute approximate surface area is 190 Å². The van der Waals surface area contributed by atoms with Gasteiger partial charge < -0.3 is 14.5 Å². The van der Waals surface area contributed by atoms with Crippen molar-refractivity contribution in [1.29, 1.82) is 0 Å². The van der Waals surface area contributed by atoms with Gasteiger partial charge >= 0.3 is 5.97 Å². The second-order valence-corrected chi connectivity index (χ2v) is 9.03. The molecule has 1 heterocycles. The minimum atomic E-state index is -3.91. The van der Waals surface area contributed by atoms with Crippen molar-refractivity contribution in [1.82, 2.24) is 10.0 Å². The van der Waals surface area contributed by atoms with E-state index in [1.165, 1.54) is 49.6 Å². The van der Waals surface area contributed by atoms with Gasteiger partial charge in [-0.2, -0.15) is 0 Å². The van der Waals surface area contributed by atoms with E-state index in [0.29, 0.717) is 11.3 Å². The number of hydrogen-bond acceptors (Lipinski definition) is 6. The Balaban J connectivity index is 1.61. The number of hydrogen-bond donors (Lipinski definition) is 2. The van der Waals surface area contributed by atoms with Gasteiger partial charge in [0.15, 0.2) is 6.10 Å². The van der Waals surface area contributed by atoms with Gasteiger partial charge in [0, 0.05) is 0 Å². The first-order valence-electron chi connectivity index (χ1n) is 10.0. The minimum Gasteiger partial charge on any atom is -0.468 e. The number of carbonyl (C=O) groups is 2. The maximum Gasteiger partial charge on any atom is 0.338 e. The summed E-state index contributed by atoms with van der Waals surface area (Å²) in [4.78, 5) is 24.8. The van der Waals surface area contributed by atoms with Gasteiger partial charge in [-0.15, -0.1) is 0 Å². The van der Waals surface area contributed by atoms with Crippen LogP contribution in [-0.2, 0) is 26.1 Å². The van der Waals surface area contributed by atoms with Crippen LogP contribution in [0.4, 0.5) is 4.39 Å². The summed E-state index contributed by atoms with van der Waals surface area (Å²) < 4.78 is 50.8. The zero-order valence-electron chi connectivity index (χ0n) is 17.9. The highest BCUT2D eigenvalue weighted by Crippen LogP contribution is 2.16. The lowest BCUT2D eigenvalue weighted by Crippen LogP contribution is -2.37. The van der Waals surface area contributed by atoms with Crippen LogP contribution in [0.2, 0.25) is 0 Å². The summed E-state index contributed by atoms with van der Waals surface area (Å²) in [7, 11) is -3.91. The van der Waals surface area contributed by atoms with E-state index >= 15 is 0 Å². The van der Waals surface area contributed by atoms with Crippen molar-refractivity contribution in [2.75, 3.05) is 0 Å². The largest absolute Gasteiger partial charge is 0.468 e. The lowest BCUT2D eigenvalue weighted by Gasteiger charge is -2.18. The number of nitrogens with one attached hydrogen (secondary N) is 2. The summed E-state index contributed by atoms with van der Waals surface area (Å²) in [5, 5.41) is 2.68. The molecule has 0 saturated carbocycles. The van der Waals surface area contributed by atoms with Crippen LogP contribution in [0, 0.1) is 5.82 Å². The zero-order chi connectivity index (χ0) is 24.0. The third-order valence-corrected chi connectivity index (χ3v) is 6.18. The minimum absolute atomic E-state index is 0.0258. The van der Waals surface area contributed by atoms with Gasteiger partial charge in [0.1, 0.15) is 11.6 Å². The topological polar surface area (TPSA) is 115 Å². The average Bonchev–Trinajstić information content (AvgIpc) is 3.32. The SMILES string of the molecule is CC(OC(=O)c1cccc(S(=O)(=O)NCc2ccco2)c1)C(=O)NC(C)c1ccc(F)cc1. The van der Waals surface area contributed by atoms with Crippen LogP contribution in [0.3, 0.4) is 0 Å². The average molecular weight is 475 g/mol. The van der Waals surface area contributed by atoms with Crippen LogP contribution < -0.4 is 10.0 Å². The van der Waals surface area contributed by atoms with Crippen LogP contribution in [0.15, 0.2) is 76.2 Å². The second-order valence-electron chi connectivity index (χ2n) is 7.26. The summed E-state index contributed by atoms with van der Waals surface area (Å²) >= 11 is 0. The van der Waals surface area contributed by atoms with E-state index in [2.05, 4.69) is 10.0 Å². The van der Waals surface area contributed by atoms with E-state index in [0.717, 1.165) is 0 Å². The molecule has 0 fully saturated rings. The Hall–Kier alpha value is -3.50. The van der Waals surface area contributed by atoms with Gasteiger partial charge in [-0.1, -0.05) is 18.2 Å². The van der Waals surface area contributed by atoms with E-state index in [4.69, 9.17) is 9.15 Å². The standard InChI is InChI=1S/C23H23FN2O6S/c1-15(17-8-10-19(24)11-9-17)26-22(27)16(2)32-23(28)18-5-3-7-21(13-18)33(29,30)25-14-20-6-4-12-31-20/h3-13,15-16,25H,14H2,1-2H3,(H,26,27). The van der Waals surface area contributed by atoms with E-state index < -0.39 is 34.0 Å². The fourth-order valence-electron chi connectivity index (χ4n) is 2.90. The molecule has 0 aliphatic rings. The fourth-order valence-corrected chi connectivity index (χ4v) is 3.94. The quantitative estimate of drug-likeness (QED) is 0.460. The van der Waals surface area contributed by atoms with Crippen molar-refractivity contribution >= 4 is 21.9 Å². The van der Waals surface area contributed by atoms with Crippen molar-refractivity contribution in [3.05, 3.63) is 89.6 Å². The molecule has 0 aliphatic carbocycles. The van der Waals surface area contributed by atoms with Gasteiger partial charge in [-0.05, 0) is 61.9 Å². The van der Waals surface area contributed by atoms with E-state index in [-0.39, 0.29) is 22.8 Å². The number of rotatable bonds is 9. The molecule has 1 amide bonds. The van der Waals surface area contributed by atoms with Gasteiger partial charge in [0.2, 0.25) is 10.0 Å². The van der Waals surface area contributed by atoms with Gasteiger partial charge in [-0.3, -0.25) is 4.79 Å². The molecule has 1 aromatic heterocycles. The van der Waals surface area contributed by atoms with Crippen LogP contribution in [0.5, 0.6) is 0 Å². The van der Waals surface area contributed by atoms with E-state index in [1.807, 2.05) is 0 Å². The predicted octanol–water partition coefficient (Wildman–Crippen LogP) is 3.32. The summed E-state index contributed by atoms with van der Waals surface area (Å²) in [5.41, 5.74) is 0.658. The third-order valence-electron chi connectivity index (χ3n) is 4.78. The Kier molecular flexibility index (Phi) is 7.62. The number of esters is 1. The molecule has 2 unspecified atom stereocenters. The van der Waals surface area contributed by atoms with E-state index in [9.17, 15) is 22.4 Å². The molecule has 174 valence electrons. The molecule has 2 atom stereocenters. The van der Waals surface area contributed by atoms with Crippen molar-refractivity contribution < 1.29 is 31.6 Å². The Morgan fingerprint density at radius 1 is 1.06 bits per heavy atom. The number of ether oxygens (including phenoxy) is 1. The summed E-state index contributed by atoms with van der Waals surface area (Å²) in [6.45, 7) is 3.06. The molecule has 0 spiro atoms. The van der Waals surface area contributed by atoms with Crippen LogP contribution >= 0.6 is 0 Å². The molecule has 3 rings (SSSR count). The lowest BCUT2D eigenvalue weighted by molar-refractivity contribution is -0.129. The Morgan fingerprint density at radius 3 is 2.45 bits per heavy atom. The molecule has 0 aliphatic heterocycles. The van der Waals surface area contributed by atoms with Crippen molar-refractivity contribution in [3.8, 4) is 0 Å². The summed E-state index contributed by atoms with van der Waals surface area (Å²) in [6, 6.07) is 13.8. The summed E-state index contributed by atoms with van der Waals surface area (Å²) in [6.07, 6.45) is 0.288. The molecule has 2 aromatic carbocycles. The molecule has 8 nitrogen and oxygen atoms in total. The normalized spacial score (nSPS) is 13.2. The number of sulfonamides is 1. The summed E-state index contributed by atoms with van der Waals surface area (Å²) in [5.74, 6) is -1.36.